The molecule has 0 spiro atoms. The normalized spacial score (nSPS) is 20.0. The predicted molar refractivity (Wildman–Crippen MR) is 110 cm³/mol. The molecule has 1 fully saturated rings. The molecule has 5 rings (SSSR count). The summed E-state index contributed by atoms with van der Waals surface area (Å²) in [5.74, 6) is -1.91. The first-order chi connectivity index (χ1) is 15.2. The highest BCUT2D eigenvalue weighted by molar-refractivity contribution is 6.08. The summed E-state index contributed by atoms with van der Waals surface area (Å²) in [4.78, 5) is 43.8. The number of halogens is 1. The van der Waals surface area contributed by atoms with Crippen LogP contribution in [0, 0.1) is 19.7 Å². The molecule has 2 N–H and O–H groups in total. The van der Waals surface area contributed by atoms with Gasteiger partial charge < -0.3 is 19.4 Å². The second kappa shape index (κ2) is 6.78. The van der Waals surface area contributed by atoms with Crippen molar-refractivity contribution in [2.24, 2.45) is 0 Å². The summed E-state index contributed by atoms with van der Waals surface area (Å²) in [6.07, 6.45) is 0. The Morgan fingerprint density at radius 3 is 2.72 bits per heavy atom. The van der Waals surface area contributed by atoms with Crippen molar-refractivity contribution in [3.63, 3.8) is 0 Å². The van der Waals surface area contributed by atoms with Crippen LogP contribution >= 0.6 is 0 Å². The van der Waals surface area contributed by atoms with Gasteiger partial charge >= 0.3 is 6.03 Å². The summed E-state index contributed by atoms with van der Waals surface area (Å²) in [6.45, 7) is 3.44. The van der Waals surface area contributed by atoms with Crippen LogP contribution in [0.1, 0.15) is 33.1 Å². The van der Waals surface area contributed by atoms with Crippen molar-refractivity contribution in [2.75, 3.05) is 13.7 Å². The number of ether oxygens (including phenoxy) is 1. The van der Waals surface area contributed by atoms with E-state index in [0.717, 1.165) is 5.69 Å². The summed E-state index contributed by atoms with van der Waals surface area (Å²) in [7, 11) is 1.32. The van der Waals surface area contributed by atoms with Gasteiger partial charge in [-0.15, -0.1) is 0 Å². The highest BCUT2D eigenvalue weighted by Gasteiger charge is 2.53. The van der Waals surface area contributed by atoms with E-state index in [1.807, 2.05) is 6.92 Å². The lowest BCUT2D eigenvalue weighted by molar-refractivity contribution is -0.125. The summed E-state index contributed by atoms with van der Waals surface area (Å²) >= 11 is 0. The number of nitrogens with zero attached hydrogens (tertiary/aromatic N) is 2. The number of pyridine rings is 1. The average Bonchev–Trinajstić information content (AvgIpc) is 3.38. The minimum Gasteiger partial charge on any atom is -0.494 e. The van der Waals surface area contributed by atoms with Gasteiger partial charge in [-0.3, -0.25) is 19.9 Å². The summed E-state index contributed by atoms with van der Waals surface area (Å²) in [5.41, 5.74) is 0.564. The monoisotopic (exact) mass is 438 g/mol. The largest absolute Gasteiger partial charge is 0.494 e. The number of hydrogen-bond donors (Lipinski definition) is 2. The third-order valence-electron chi connectivity index (χ3n) is 5.86. The van der Waals surface area contributed by atoms with Gasteiger partial charge in [0.05, 0.1) is 24.9 Å². The van der Waals surface area contributed by atoms with Gasteiger partial charge in [-0.05, 0) is 37.6 Å². The van der Waals surface area contributed by atoms with Gasteiger partial charge in [0.2, 0.25) is 0 Å². The van der Waals surface area contributed by atoms with Crippen molar-refractivity contribution < 1.29 is 27.9 Å². The number of aromatic nitrogens is 1. The van der Waals surface area contributed by atoms with Crippen molar-refractivity contribution >= 4 is 28.8 Å². The Balaban J connectivity index is 1.58. The molecule has 0 aliphatic carbocycles. The molecule has 1 atom stereocenters. The Morgan fingerprint density at radius 2 is 2.03 bits per heavy atom. The molecule has 32 heavy (non-hydrogen) atoms. The Bertz CT molecular complexity index is 1330. The van der Waals surface area contributed by atoms with Crippen molar-refractivity contribution in [1.82, 2.24) is 20.5 Å². The maximum atomic E-state index is 14.7. The fraction of sp³-hybridized carbons (Fsp3) is 0.273. The number of rotatable bonds is 4. The molecule has 9 nitrogen and oxygen atoms in total. The van der Waals surface area contributed by atoms with Gasteiger partial charge in [-0.25, -0.2) is 9.18 Å². The first-order valence-corrected chi connectivity index (χ1v) is 9.90. The molecule has 2 aliphatic rings. The number of amides is 4. The zero-order chi connectivity index (χ0) is 22.8. The van der Waals surface area contributed by atoms with Gasteiger partial charge in [0.25, 0.3) is 11.8 Å². The van der Waals surface area contributed by atoms with Crippen molar-refractivity contribution in [1.29, 1.82) is 0 Å². The van der Waals surface area contributed by atoms with Gasteiger partial charge in [-0.2, -0.15) is 0 Å². The van der Waals surface area contributed by atoms with Crippen LogP contribution in [0.2, 0.25) is 0 Å². The predicted octanol–water partition coefficient (Wildman–Crippen LogP) is 2.28. The molecule has 10 heteroatoms. The smallest absolute Gasteiger partial charge is 0.322 e. The van der Waals surface area contributed by atoms with Crippen LogP contribution in [0.15, 0.2) is 28.7 Å². The van der Waals surface area contributed by atoms with Gasteiger partial charge in [0.1, 0.15) is 5.76 Å². The molecule has 3 aromatic rings. The Labute approximate surface area is 181 Å². The minimum atomic E-state index is -1.67. The number of aryl methyl sites for hydroxylation is 2. The molecule has 0 bridgehead atoms. The lowest BCUT2D eigenvalue weighted by Crippen LogP contribution is -2.52. The van der Waals surface area contributed by atoms with E-state index in [1.165, 1.54) is 18.1 Å². The number of benzene rings is 1. The number of imide groups is 1. The first kappa shape index (κ1) is 20.0. The highest BCUT2D eigenvalue weighted by Crippen LogP contribution is 2.36. The molecule has 164 valence electrons. The van der Waals surface area contributed by atoms with Crippen molar-refractivity contribution in [3.05, 3.63) is 58.4 Å². The third kappa shape index (κ3) is 2.75. The molecule has 0 radical (unpaired) electrons. The number of furan rings is 1. The van der Waals surface area contributed by atoms with E-state index in [9.17, 15) is 18.8 Å². The molecule has 0 saturated carbocycles. The lowest BCUT2D eigenvalue weighted by Gasteiger charge is -2.29. The number of nitrogens with one attached hydrogen (secondary N) is 2. The number of carbonyl (C=O) groups is 3. The van der Waals surface area contributed by atoms with Gasteiger partial charge in [0.15, 0.2) is 22.7 Å². The van der Waals surface area contributed by atoms with Crippen molar-refractivity contribution in [3.8, 4) is 5.75 Å². The summed E-state index contributed by atoms with van der Waals surface area (Å²) in [6, 6.07) is 5.80. The lowest BCUT2D eigenvalue weighted by atomic mass is 9.95. The molecule has 2 aromatic heterocycles. The maximum absolute atomic E-state index is 14.7. The van der Waals surface area contributed by atoms with E-state index in [-0.39, 0.29) is 30.2 Å². The molecular weight excluding hydrogens is 419 g/mol. The first-order valence-electron chi connectivity index (χ1n) is 9.90. The average molecular weight is 438 g/mol. The van der Waals surface area contributed by atoms with Gasteiger partial charge in [0, 0.05) is 17.6 Å². The quantitative estimate of drug-likeness (QED) is 0.604. The number of urea groups is 1. The van der Waals surface area contributed by atoms with Crippen LogP contribution in [0.3, 0.4) is 0 Å². The van der Waals surface area contributed by atoms with E-state index in [1.54, 1.807) is 25.1 Å². The number of carbonyl (C=O) groups excluding carboxylic acids is 3. The van der Waals surface area contributed by atoms with Crippen LogP contribution in [-0.2, 0) is 16.9 Å². The van der Waals surface area contributed by atoms with E-state index in [2.05, 4.69) is 15.6 Å². The Morgan fingerprint density at radius 1 is 1.25 bits per heavy atom. The fourth-order valence-electron chi connectivity index (χ4n) is 4.40. The molecule has 1 aromatic carbocycles. The van der Waals surface area contributed by atoms with E-state index in [0.29, 0.717) is 22.2 Å². The molecular formula is C22H19FN4O5. The van der Waals surface area contributed by atoms with Crippen LogP contribution < -0.4 is 15.4 Å². The Kier molecular flexibility index (Phi) is 4.23. The van der Waals surface area contributed by atoms with Crippen molar-refractivity contribution in [2.45, 2.75) is 25.9 Å². The molecule has 4 amide bonds. The van der Waals surface area contributed by atoms with Crippen LogP contribution in [0.25, 0.3) is 11.0 Å². The molecule has 4 heterocycles. The maximum Gasteiger partial charge on any atom is 0.322 e. The number of methoxy groups -OCH3 is 1. The third-order valence-corrected chi connectivity index (χ3v) is 5.86. The summed E-state index contributed by atoms with van der Waals surface area (Å²) < 4.78 is 25.7. The molecule has 1 saturated heterocycles. The minimum absolute atomic E-state index is 0.0452. The molecule has 2 aliphatic heterocycles. The fourth-order valence-corrected chi connectivity index (χ4v) is 4.40. The van der Waals surface area contributed by atoms with Crippen LogP contribution in [0.5, 0.6) is 5.75 Å². The van der Waals surface area contributed by atoms with Crippen LogP contribution in [0.4, 0.5) is 9.18 Å². The van der Waals surface area contributed by atoms with E-state index in [4.69, 9.17) is 9.15 Å². The number of fused-ring (bicyclic) bond motifs is 2. The second-order valence-corrected chi connectivity index (χ2v) is 7.97. The zero-order valence-corrected chi connectivity index (χ0v) is 17.5. The van der Waals surface area contributed by atoms with Crippen LogP contribution in [-0.4, -0.2) is 41.4 Å². The number of hydrogen-bond acceptors (Lipinski definition) is 6. The second-order valence-electron chi connectivity index (χ2n) is 7.97. The SMILES string of the molecule is COc1ccc2c(c1F)C(=O)N(CC1(c3cc4cc(C)nc(C)c4o3)NC(=O)NC1=O)C2. The zero-order valence-electron chi connectivity index (χ0n) is 17.5. The van der Waals surface area contributed by atoms with E-state index >= 15 is 0 Å². The topological polar surface area (TPSA) is 114 Å². The highest BCUT2D eigenvalue weighted by atomic mass is 19.1. The van der Waals surface area contributed by atoms with Gasteiger partial charge in [-0.1, -0.05) is 6.07 Å². The standard InChI is InChI=1S/C22H19FN4O5/c1-10-6-13-7-15(32-18(13)11(2)24-10)22(20(29)25-21(30)26-22)9-27-8-12-4-5-14(31-3)17(23)16(12)19(27)28/h4-7H,8-9H2,1-3H3,(H2,25,26,29,30). The van der Waals surface area contributed by atoms with E-state index < -0.39 is 29.2 Å². The summed E-state index contributed by atoms with van der Waals surface area (Å²) in [5, 5.41) is 5.55. The molecule has 1 unspecified atom stereocenters. The Hall–Kier alpha value is -3.95.